The molecule has 0 heterocycles. The Kier molecular flexibility index (Phi) is 9.01. The minimum atomic E-state index is -3.87. The minimum absolute atomic E-state index is 0.0763. The van der Waals surface area contributed by atoms with Crippen LogP contribution >= 0.6 is 0 Å². The summed E-state index contributed by atoms with van der Waals surface area (Å²) in [5.74, 6) is 0.587. The molecule has 0 radical (unpaired) electrons. The van der Waals surface area contributed by atoms with Crippen LogP contribution in [-0.4, -0.2) is 14.3 Å². The zero-order valence-corrected chi connectivity index (χ0v) is 17.6. The monoisotopic (exact) mass is 401 g/mol. The Morgan fingerprint density at radius 2 is 1.36 bits per heavy atom. The molecule has 0 saturated heterocycles. The number of anilines is 2. The van der Waals surface area contributed by atoms with Gasteiger partial charge in [0.15, 0.2) is 0 Å². The molecule has 28 heavy (non-hydrogen) atoms. The maximum atomic E-state index is 12.7. The molecule has 0 unspecified atom stereocenters. The summed E-state index contributed by atoms with van der Waals surface area (Å²) >= 11 is 0. The van der Waals surface area contributed by atoms with Gasteiger partial charge in [0.25, 0.3) is 0 Å². The van der Waals surface area contributed by atoms with Crippen molar-refractivity contribution in [2.45, 2.75) is 52.4 Å². The highest BCUT2D eigenvalue weighted by Gasteiger charge is 2.20. The molecule has 0 aliphatic heterocycles. The van der Waals surface area contributed by atoms with Gasteiger partial charge in [-0.1, -0.05) is 75.9 Å². The SMILES string of the molecule is CCCCC(CCCC)/C(=N\S(=O)(=O)Nc1ccccc1)Nc1ccccc1. The molecule has 5 nitrogen and oxygen atoms in total. The molecule has 0 saturated carbocycles. The number of benzene rings is 2. The van der Waals surface area contributed by atoms with Crippen LogP contribution in [0.1, 0.15) is 52.4 Å². The molecule has 0 amide bonds. The summed E-state index contributed by atoms with van der Waals surface area (Å²) in [5.41, 5.74) is 1.35. The van der Waals surface area contributed by atoms with Crippen LogP contribution in [0.3, 0.4) is 0 Å². The topological polar surface area (TPSA) is 70.6 Å². The maximum Gasteiger partial charge on any atom is 0.343 e. The molecule has 0 spiro atoms. The van der Waals surface area contributed by atoms with Crippen molar-refractivity contribution in [3.63, 3.8) is 0 Å². The second-order valence-electron chi connectivity index (χ2n) is 6.89. The summed E-state index contributed by atoms with van der Waals surface area (Å²) in [4.78, 5) is 0. The van der Waals surface area contributed by atoms with Gasteiger partial charge in [0.1, 0.15) is 5.84 Å². The Balaban J connectivity index is 2.32. The van der Waals surface area contributed by atoms with E-state index in [-0.39, 0.29) is 5.92 Å². The van der Waals surface area contributed by atoms with Crippen molar-refractivity contribution in [2.75, 3.05) is 10.0 Å². The van der Waals surface area contributed by atoms with E-state index in [4.69, 9.17) is 0 Å². The van der Waals surface area contributed by atoms with Crippen molar-refractivity contribution >= 4 is 27.4 Å². The lowest BCUT2D eigenvalue weighted by atomic mass is 9.94. The highest BCUT2D eigenvalue weighted by Crippen LogP contribution is 2.21. The van der Waals surface area contributed by atoms with Crippen molar-refractivity contribution in [3.8, 4) is 0 Å². The Bertz CT molecular complexity index is 813. The fourth-order valence-electron chi connectivity index (χ4n) is 3.00. The van der Waals surface area contributed by atoms with E-state index in [0.717, 1.165) is 44.2 Å². The van der Waals surface area contributed by atoms with E-state index in [2.05, 4.69) is 28.3 Å². The third kappa shape index (κ3) is 7.72. The zero-order chi connectivity index (χ0) is 20.2. The van der Waals surface area contributed by atoms with Crippen molar-refractivity contribution in [2.24, 2.45) is 10.3 Å². The number of unbranched alkanes of at least 4 members (excludes halogenated alkanes) is 2. The molecule has 2 rings (SSSR count). The number of hydrogen-bond donors (Lipinski definition) is 2. The van der Waals surface area contributed by atoms with E-state index in [1.807, 2.05) is 36.4 Å². The normalized spacial score (nSPS) is 12.2. The highest BCUT2D eigenvalue weighted by molar-refractivity contribution is 7.91. The van der Waals surface area contributed by atoms with Crippen LogP contribution in [0.25, 0.3) is 0 Å². The lowest BCUT2D eigenvalue weighted by Crippen LogP contribution is -2.26. The van der Waals surface area contributed by atoms with E-state index < -0.39 is 10.2 Å². The fraction of sp³-hybridized carbons (Fsp3) is 0.409. The summed E-state index contributed by atoms with van der Waals surface area (Å²) in [7, 11) is -3.87. The van der Waals surface area contributed by atoms with Crippen LogP contribution in [0, 0.1) is 5.92 Å². The lowest BCUT2D eigenvalue weighted by Gasteiger charge is -2.21. The Morgan fingerprint density at radius 3 is 1.86 bits per heavy atom. The average molecular weight is 402 g/mol. The van der Waals surface area contributed by atoms with Crippen LogP contribution in [0.15, 0.2) is 65.1 Å². The molecular weight excluding hydrogens is 370 g/mol. The van der Waals surface area contributed by atoms with Gasteiger partial charge in [-0.3, -0.25) is 4.72 Å². The third-order valence-corrected chi connectivity index (χ3v) is 5.42. The van der Waals surface area contributed by atoms with E-state index in [1.165, 1.54) is 0 Å². The standard InChI is InChI=1S/C22H31N3O2S/c1-3-5-13-19(14-6-4-2)22(23-20-15-9-7-10-16-20)25-28(26,27)24-21-17-11-8-12-18-21/h7-12,15-19,24H,3-6,13-14H2,1-2H3,(H,23,25). The molecule has 152 valence electrons. The fourth-order valence-corrected chi connectivity index (χ4v) is 3.93. The van der Waals surface area contributed by atoms with Crippen molar-refractivity contribution in [1.82, 2.24) is 0 Å². The second-order valence-corrected chi connectivity index (χ2v) is 8.23. The average Bonchev–Trinajstić information content (AvgIpc) is 2.68. The first-order chi connectivity index (χ1) is 13.5. The van der Waals surface area contributed by atoms with E-state index in [9.17, 15) is 8.42 Å². The lowest BCUT2D eigenvalue weighted by molar-refractivity contribution is 0.521. The predicted octanol–water partition coefficient (Wildman–Crippen LogP) is 5.85. The molecule has 2 aromatic rings. The molecule has 0 aliphatic carbocycles. The molecule has 6 heteroatoms. The van der Waals surface area contributed by atoms with Crippen LogP contribution in [-0.2, 0) is 10.2 Å². The van der Waals surface area contributed by atoms with Crippen molar-refractivity contribution in [1.29, 1.82) is 0 Å². The Morgan fingerprint density at radius 1 is 0.857 bits per heavy atom. The number of amidine groups is 1. The van der Waals surface area contributed by atoms with Gasteiger partial charge in [-0.05, 0) is 37.1 Å². The zero-order valence-electron chi connectivity index (χ0n) is 16.8. The van der Waals surface area contributed by atoms with Gasteiger partial charge in [0.2, 0.25) is 0 Å². The number of nitrogens with one attached hydrogen (secondary N) is 2. The molecule has 0 aliphatic rings. The van der Waals surface area contributed by atoms with Crippen molar-refractivity contribution in [3.05, 3.63) is 60.7 Å². The Labute approximate surface area is 169 Å². The first kappa shape index (κ1) is 22.0. The summed E-state index contributed by atoms with van der Waals surface area (Å²) in [5, 5.41) is 3.27. The largest absolute Gasteiger partial charge is 0.343 e. The number of hydrogen-bond acceptors (Lipinski definition) is 2. The van der Waals surface area contributed by atoms with Crippen LogP contribution in [0.4, 0.5) is 11.4 Å². The molecule has 0 bridgehead atoms. The Hall–Kier alpha value is -2.34. The van der Waals surface area contributed by atoms with Gasteiger partial charge >= 0.3 is 10.2 Å². The number of para-hydroxylation sites is 2. The number of nitrogens with zero attached hydrogens (tertiary/aromatic N) is 1. The van der Waals surface area contributed by atoms with Gasteiger partial charge in [-0.25, -0.2) is 0 Å². The molecule has 0 aromatic heterocycles. The van der Waals surface area contributed by atoms with Gasteiger partial charge in [-0.15, -0.1) is 4.40 Å². The van der Waals surface area contributed by atoms with E-state index in [0.29, 0.717) is 11.5 Å². The third-order valence-electron chi connectivity index (χ3n) is 4.48. The van der Waals surface area contributed by atoms with Gasteiger partial charge < -0.3 is 5.32 Å². The highest BCUT2D eigenvalue weighted by atomic mass is 32.2. The smallest absolute Gasteiger partial charge is 0.343 e. The number of rotatable bonds is 11. The summed E-state index contributed by atoms with van der Waals surface area (Å²) < 4.78 is 32.1. The first-order valence-corrected chi connectivity index (χ1v) is 11.5. The second kappa shape index (κ2) is 11.5. The van der Waals surface area contributed by atoms with Crippen LogP contribution in [0.5, 0.6) is 0 Å². The molecular formula is C22H31N3O2S. The molecule has 0 fully saturated rings. The summed E-state index contributed by atoms with van der Waals surface area (Å²) in [6, 6.07) is 18.5. The molecule has 2 aromatic carbocycles. The van der Waals surface area contributed by atoms with E-state index >= 15 is 0 Å². The van der Waals surface area contributed by atoms with Crippen LogP contribution in [0.2, 0.25) is 0 Å². The van der Waals surface area contributed by atoms with Crippen molar-refractivity contribution < 1.29 is 8.42 Å². The quantitative estimate of drug-likeness (QED) is 0.366. The molecule has 2 N–H and O–H groups in total. The van der Waals surface area contributed by atoms with Gasteiger partial charge in [0, 0.05) is 11.6 Å². The minimum Gasteiger partial charge on any atom is -0.343 e. The first-order valence-electron chi connectivity index (χ1n) is 10.0. The van der Waals surface area contributed by atoms with Gasteiger partial charge in [0.05, 0.1) is 5.69 Å². The predicted molar refractivity (Wildman–Crippen MR) is 119 cm³/mol. The van der Waals surface area contributed by atoms with E-state index in [1.54, 1.807) is 24.3 Å². The maximum absolute atomic E-state index is 12.7. The van der Waals surface area contributed by atoms with Crippen LogP contribution < -0.4 is 10.0 Å². The van der Waals surface area contributed by atoms with Gasteiger partial charge in [-0.2, -0.15) is 8.42 Å². The summed E-state index contributed by atoms with van der Waals surface area (Å²) in [6.07, 6.45) is 6.03. The summed E-state index contributed by atoms with van der Waals surface area (Å²) in [6.45, 7) is 4.29. The molecule has 0 atom stereocenters.